The summed E-state index contributed by atoms with van der Waals surface area (Å²) in [5.74, 6) is 0.0780. The molecule has 20 heavy (non-hydrogen) atoms. The van der Waals surface area contributed by atoms with Gasteiger partial charge >= 0.3 is 0 Å². The van der Waals surface area contributed by atoms with E-state index in [9.17, 15) is 4.79 Å². The zero-order chi connectivity index (χ0) is 14.4. The number of anilines is 1. The number of nitrogens with zero attached hydrogens (tertiary/aromatic N) is 1. The first-order valence-corrected chi connectivity index (χ1v) is 7.50. The van der Waals surface area contributed by atoms with E-state index < -0.39 is 0 Å². The molecular weight excluding hydrogens is 250 g/mol. The van der Waals surface area contributed by atoms with Crippen LogP contribution >= 0.6 is 0 Å². The molecule has 4 nitrogen and oxygen atoms in total. The van der Waals surface area contributed by atoms with Crippen LogP contribution in [0.15, 0.2) is 24.3 Å². The van der Waals surface area contributed by atoms with E-state index in [1.165, 1.54) is 5.56 Å². The van der Waals surface area contributed by atoms with Gasteiger partial charge in [0, 0.05) is 18.3 Å². The molecule has 4 heteroatoms. The summed E-state index contributed by atoms with van der Waals surface area (Å²) in [5, 5.41) is 6.35. The number of hydrogen-bond acceptors (Lipinski definition) is 3. The van der Waals surface area contributed by atoms with Gasteiger partial charge in [0.25, 0.3) is 0 Å². The first-order chi connectivity index (χ1) is 9.69. The Morgan fingerprint density at radius 1 is 1.40 bits per heavy atom. The van der Waals surface area contributed by atoms with E-state index in [4.69, 9.17) is 0 Å². The van der Waals surface area contributed by atoms with E-state index >= 15 is 0 Å². The zero-order valence-electron chi connectivity index (χ0n) is 12.5. The number of amides is 1. The first kappa shape index (κ1) is 15.0. The molecular formula is C16H25N3O. The highest BCUT2D eigenvalue weighted by molar-refractivity contribution is 5.92. The van der Waals surface area contributed by atoms with Gasteiger partial charge in [0.2, 0.25) is 5.91 Å². The Balaban J connectivity index is 1.88. The summed E-state index contributed by atoms with van der Waals surface area (Å²) < 4.78 is 0. The summed E-state index contributed by atoms with van der Waals surface area (Å²) in [6.07, 6.45) is 2.21. The van der Waals surface area contributed by atoms with Crippen LogP contribution in [0.25, 0.3) is 0 Å². The maximum absolute atomic E-state index is 12.2. The minimum Gasteiger partial charge on any atom is -0.325 e. The Labute approximate surface area is 121 Å². The van der Waals surface area contributed by atoms with Gasteiger partial charge in [0.1, 0.15) is 0 Å². The second-order valence-corrected chi connectivity index (χ2v) is 5.53. The SMILES string of the molecule is CCCN(CC(=O)Nc1ccc(C)cc1)C1CCNC1. The van der Waals surface area contributed by atoms with Crippen molar-refractivity contribution in [2.75, 3.05) is 31.5 Å². The average Bonchev–Trinajstić information content (AvgIpc) is 2.95. The van der Waals surface area contributed by atoms with Gasteiger partial charge in [-0.05, 0) is 45.0 Å². The Morgan fingerprint density at radius 2 is 2.15 bits per heavy atom. The summed E-state index contributed by atoms with van der Waals surface area (Å²) in [6, 6.07) is 8.43. The van der Waals surface area contributed by atoms with Crippen molar-refractivity contribution >= 4 is 11.6 Å². The molecule has 0 spiro atoms. The van der Waals surface area contributed by atoms with E-state index in [1.807, 2.05) is 31.2 Å². The van der Waals surface area contributed by atoms with Crippen molar-refractivity contribution in [1.29, 1.82) is 0 Å². The Hall–Kier alpha value is -1.39. The lowest BCUT2D eigenvalue weighted by Crippen LogP contribution is -2.42. The van der Waals surface area contributed by atoms with Crippen molar-refractivity contribution in [2.24, 2.45) is 0 Å². The van der Waals surface area contributed by atoms with E-state index in [2.05, 4.69) is 22.5 Å². The molecule has 1 unspecified atom stereocenters. The van der Waals surface area contributed by atoms with Crippen molar-refractivity contribution in [1.82, 2.24) is 10.2 Å². The largest absolute Gasteiger partial charge is 0.325 e. The molecule has 2 rings (SSSR count). The quantitative estimate of drug-likeness (QED) is 0.834. The first-order valence-electron chi connectivity index (χ1n) is 7.50. The predicted octanol–water partition coefficient (Wildman–Crippen LogP) is 2.01. The van der Waals surface area contributed by atoms with Crippen LogP contribution < -0.4 is 10.6 Å². The normalized spacial score (nSPS) is 18.4. The Morgan fingerprint density at radius 3 is 2.75 bits per heavy atom. The van der Waals surface area contributed by atoms with Gasteiger partial charge in [-0.1, -0.05) is 24.6 Å². The third-order valence-electron chi connectivity index (χ3n) is 3.74. The summed E-state index contributed by atoms with van der Waals surface area (Å²) in [7, 11) is 0. The molecule has 1 aliphatic heterocycles. The minimum absolute atomic E-state index is 0.0780. The fourth-order valence-corrected chi connectivity index (χ4v) is 2.65. The highest BCUT2D eigenvalue weighted by Gasteiger charge is 2.23. The summed E-state index contributed by atoms with van der Waals surface area (Å²) in [6.45, 7) is 7.72. The topological polar surface area (TPSA) is 44.4 Å². The van der Waals surface area contributed by atoms with Gasteiger partial charge in [-0.2, -0.15) is 0 Å². The lowest BCUT2D eigenvalue weighted by atomic mass is 10.2. The van der Waals surface area contributed by atoms with Gasteiger partial charge < -0.3 is 10.6 Å². The lowest BCUT2D eigenvalue weighted by molar-refractivity contribution is -0.117. The highest BCUT2D eigenvalue weighted by Crippen LogP contribution is 2.11. The molecule has 2 N–H and O–H groups in total. The maximum Gasteiger partial charge on any atom is 0.238 e. The third kappa shape index (κ3) is 4.32. The number of rotatable bonds is 6. The predicted molar refractivity (Wildman–Crippen MR) is 82.9 cm³/mol. The van der Waals surface area contributed by atoms with Crippen LogP contribution in [0.4, 0.5) is 5.69 Å². The average molecular weight is 275 g/mol. The Bertz CT molecular complexity index is 424. The molecule has 1 saturated heterocycles. The van der Waals surface area contributed by atoms with Gasteiger partial charge in [-0.25, -0.2) is 0 Å². The molecule has 0 saturated carbocycles. The molecule has 0 aliphatic carbocycles. The van der Waals surface area contributed by atoms with Crippen molar-refractivity contribution in [3.8, 4) is 0 Å². The number of carbonyl (C=O) groups excluding carboxylic acids is 1. The Kier molecular flexibility index (Phi) is 5.56. The van der Waals surface area contributed by atoms with E-state index in [0.717, 1.165) is 38.2 Å². The van der Waals surface area contributed by atoms with Crippen molar-refractivity contribution in [3.63, 3.8) is 0 Å². The second kappa shape index (κ2) is 7.41. The number of nitrogens with one attached hydrogen (secondary N) is 2. The molecule has 0 radical (unpaired) electrons. The van der Waals surface area contributed by atoms with Crippen LogP contribution in [-0.4, -0.2) is 43.0 Å². The number of aryl methyl sites for hydroxylation is 1. The third-order valence-corrected chi connectivity index (χ3v) is 3.74. The fourth-order valence-electron chi connectivity index (χ4n) is 2.65. The lowest BCUT2D eigenvalue weighted by Gasteiger charge is -2.27. The van der Waals surface area contributed by atoms with Crippen LogP contribution in [0.1, 0.15) is 25.3 Å². The van der Waals surface area contributed by atoms with Gasteiger partial charge in [-0.3, -0.25) is 9.69 Å². The van der Waals surface area contributed by atoms with Gasteiger partial charge in [-0.15, -0.1) is 0 Å². The summed E-state index contributed by atoms with van der Waals surface area (Å²) >= 11 is 0. The van der Waals surface area contributed by atoms with Gasteiger partial charge in [0.05, 0.1) is 6.54 Å². The van der Waals surface area contributed by atoms with Crippen LogP contribution in [0.2, 0.25) is 0 Å². The monoisotopic (exact) mass is 275 g/mol. The molecule has 1 fully saturated rings. The number of hydrogen-bond donors (Lipinski definition) is 2. The standard InChI is InChI=1S/C16H25N3O/c1-3-10-19(15-8-9-17-11-15)12-16(20)18-14-6-4-13(2)5-7-14/h4-7,15,17H,3,8-12H2,1-2H3,(H,18,20). The van der Waals surface area contributed by atoms with Crippen LogP contribution in [0.5, 0.6) is 0 Å². The second-order valence-electron chi connectivity index (χ2n) is 5.53. The zero-order valence-corrected chi connectivity index (χ0v) is 12.5. The highest BCUT2D eigenvalue weighted by atomic mass is 16.2. The minimum atomic E-state index is 0.0780. The molecule has 1 aromatic rings. The van der Waals surface area contributed by atoms with Gasteiger partial charge in [0.15, 0.2) is 0 Å². The fraction of sp³-hybridized carbons (Fsp3) is 0.562. The van der Waals surface area contributed by atoms with Crippen molar-refractivity contribution < 1.29 is 4.79 Å². The maximum atomic E-state index is 12.2. The molecule has 1 amide bonds. The molecule has 0 bridgehead atoms. The van der Waals surface area contributed by atoms with E-state index in [0.29, 0.717) is 12.6 Å². The van der Waals surface area contributed by atoms with Crippen LogP contribution in [0, 0.1) is 6.92 Å². The molecule has 1 aromatic carbocycles. The van der Waals surface area contributed by atoms with Crippen LogP contribution in [0.3, 0.4) is 0 Å². The molecule has 1 atom stereocenters. The van der Waals surface area contributed by atoms with E-state index in [1.54, 1.807) is 0 Å². The van der Waals surface area contributed by atoms with Crippen molar-refractivity contribution in [2.45, 2.75) is 32.7 Å². The summed E-state index contributed by atoms with van der Waals surface area (Å²) in [5.41, 5.74) is 2.08. The number of benzene rings is 1. The van der Waals surface area contributed by atoms with Crippen molar-refractivity contribution in [3.05, 3.63) is 29.8 Å². The smallest absolute Gasteiger partial charge is 0.238 e. The molecule has 0 aromatic heterocycles. The van der Waals surface area contributed by atoms with E-state index in [-0.39, 0.29) is 5.91 Å². The number of carbonyl (C=O) groups is 1. The van der Waals surface area contributed by atoms with Crippen LogP contribution in [-0.2, 0) is 4.79 Å². The molecule has 1 heterocycles. The molecule has 110 valence electrons. The molecule has 1 aliphatic rings. The summed E-state index contributed by atoms with van der Waals surface area (Å²) in [4.78, 5) is 14.5.